The molecule has 0 atom stereocenters. The minimum atomic E-state index is -3.56. The number of nitrogens with one attached hydrogen (secondary N) is 2. The van der Waals surface area contributed by atoms with Gasteiger partial charge in [-0.05, 0) is 38.1 Å². The van der Waals surface area contributed by atoms with Gasteiger partial charge in [-0.25, -0.2) is 13.8 Å². The molecule has 0 spiro atoms. The SMILES string of the molecule is Cc1ccc(C#CCNNS(=O)(=O)c2ccc(C)cc2)cc1. The Hall–Kier alpha value is -2.13. The first kappa shape index (κ1) is 16.2. The molecular formula is C17H18N2O2S. The third kappa shape index (κ3) is 4.71. The standard InChI is InChI=1S/C17H18N2O2S/c1-14-5-9-16(10-6-14)4-3-13-18-19-22(20,21)17-11-7-15(2)8-12-17/h5-12,18-19H,13H2,1-2H3. The Morgan fingerprint density at radius 2 is 1.45 bits per heavy atom. The van der Waals surface area contributed by atoms with Crippen molar-refractivity contribution >= 4 is 10.0 Å². The molecule has 0 aromatic heterocycles. The van der Waals surface area contributed by atoms with Crippen LogP contribution in [0.3, 0.4) is 0 Å². The Labute approximate surface area is 131 Å². The molecule has 0 aliphatic carbocycles. The van der Waals surface area contributed by atoms with E-state index < -0.39 is 10.0 Å². The average molecular weight is 314 g/mol. The molecule has 0 aliphatic rings. The smallest absolute Gasteiger partial charge is 0.232 e. The van der Waals surface area contributed by atoms with Gasteiger partial charge >= 0.3 is 0 Å². The number of sulfonamides is 1. The molecule has 2 aromatic carbocycles. The molecule has 0 radical (unpaired) electrons. The van der Waals surface area contributed by atoms with Gasteiger partial charge < -0.3 is 0 Å². The van der Waals surface area contributed by atoms with E-state index in [0.29, 0.717) is 0 Å². The third-order valence-corrected chi connectivity index (χ3v) is 4.30. The fraction of sp³-hybridized carbons (Fsp3) is 0.176. The Bertz CT molecular complexity index is 783. The summed E-state index contributed by atoms with van der Waals surface area (Å²) >= 11 is 0. The van der Waals surface area contributed by atoms with Crippen molar-refractivity contribution in [2.45, 2.75) is 18.7 Å². The predicted molar refractivity (Wildman–Crippen MR) is 87.6 cm³/mol. The minimum absolute atomic E-state index is 0.220. The van der Waals surface area contributed by atoms with Gasteiger partial charge in [0.25, 0.3) is 10.0 Å². The summed E-state index contributed by atoms with van der Waals surface area (Å²) in [4.78, 5) is 2.53. The molecule has 0 fully saturated rings. The number of hydrazine groups is 1. The molecule has 22 heavy (non-hydrogen) atoms. The van der Waals surface area contributed by atoms with Crippen molar-refractivity contribution < 1.29 is 8.42 Å². The van der Waals surface area contributed by atoms with Crippen LogP contribution in [0.2, 0.25) is 0 Å². The van der Waals surface area contributed by atoms with Crippen molar-refractivity contribution in [2.75, 3.05) is 6.54 Å². The summed E-state index contributed by atoms with van der Waals surface area (Å²) in [7, 11) is -3.56. The van der Waals surface area contributed by atoms with Crippen molar-refractivity contribution in [3.05, 3.63) is 65.2 Å². The van der Waals surface area contributed by atoms with E-state index in [1.807, 2.05) is 38.1 Å². The third-order valence-electron chi connectivity index (χ3n) is 3.00. The van der Waals surface area contributed by atoms with Crippen LogP contribution in [0.4, 0.5) is 0 Å². The molecule has 0 unspecified atom stereocenters. The lowest BCUT2D eigenvalue weighted by molar-refractivity contribution is 0.566. The van der Waals surface area contributed by atoms with E-state index in [2.05, 4.69) is 22.1 Å². The van der Waals surface area contributed by atoms with E-state index >= 15 is 0 Å². The molecular weight excluding hydrogens is 296 g/mol. The van der Waals surface area contributed by atoms with Gasteiger partial charge in [-0.3, -0.25) is 0 Å². The van der Waals surface area contributed by atoms with Crippen LogP contribution in [0.1, 0.15) is 16.7 Å². The van der Waals surface area contributed by atoms with E-state index in [4.69, 9.17) is 0 Å². The molecule has 0 aliphatic heterocycles. The van der Waals surface area contributed by atoms with E-state index in [-0.39, 0.29) is 11.4 Å². The van der Waals surface area contributed by atoms with Crippen molar-refractivity contribution in [3.63, 3.8) is 0 Å². The summed E-state index contributed by atoms with van der Waals surface area (Å²) in [5.41, 5.74) is 5.69. The maximum atomic E-state index is 12.0. The van der Waals surface area contributed by atoms with Gasteiger partial charge in [0, 0.05) is 5.56 Å². The Balaban J connectivity index is 1.88. The topological polar surface area (TPSA) is 58.2 Å². The van der Waals surface area contributed by atoms with Crippen LogP contribution in [0, 0.1) is 25.7 Å². The van der Waals surface area contributed by atoms with Crippen LogP contribution >= 0.6 is 0 Å². The lowest BCUT2D eigenvalue weighted by Crippen LogP contribution is -2.37. The first-order valence-electron chi connectivity index (χ1n) is 6.84. The van der Waals surface area contributed by atoms with Crippen LogP contribution in [-0.2, 0) is 10.0 Å². The number of rotatable bonds is 4. The fourth-order valence-electron chi connectivity index (χ4n) is 1.73. The van der Waals surface area contributed by atoms with Crippen molar-refractivity contribution in [1.29, 1.82) is 0 Å². The van der Waals surface area contributed by atoms with Crippen LogP contribution in [0.25, 0.3) is 0 Å². The quantitative estimate of drug-likeness (QED) is 0.516. The highest BCUT2D eigenvalue weighted by atomic mass is 32.2. The summed E-state index contributed by atoms with van der Waals surface area (Å²) in [5.74, 6) is 5.82. The fourth-order valence-corrected chi connectivity index (χ4v) is 2.61. The average Bonchev–Trinajstić information content (AvgIpc) is 2.49. The van der Waals surface area contributed by atoms with Crippen molar-refractivity contribution in [1.82, 2.24) is 10.3 Å². The highest BCUT2D eigenvalue weighted by molar-refractivity contribution is 7.89. The normalized spacial score (nSPS) is 10.8. The van der Waals surface area contributed by atoms with Gasteiger partial charge in [0.1, 0.15) is 0 Å². The minimum Gasteiger partial charge on any atom is -0.232 e. The summed E-state index contributed by atoms with van der Waals surface area (Å²) in [5, 5.41) is 0. The number of benzene rings is 2. The molecule has 2 aromatic rings. The van der Waals surface area contributed by atoms with Gasteiger partial charge in [-0.15, -0.1) is 4.83 Å². The summed E-state index contributed by atoms with van der Waals surface area (Å²) in [6.45, 7) is 4.14. The largest absolute Gasteiger partial charge is 0.253 e. The van der Waals surface area contributed by atoms with E-state index in [1.54, 1.807) is 24.3 Å². The predicted octanol–water partition coefficient (Wildman–Crippen LogP) is 2.14. The van der Waals surface area contributed by atoms with Crippen LogP contribution in [0.5, 0.6) is 0 Å². The van der Waals surface area contributed by atoms with Crippen LogP contribution < -0.4 is 10.3 Å². The number of hydrogen-bond donors (Lipinski definition) is 2. The van der Waals surface area contributed by atoms with Gasteiger partial charge in [0.05, 0.1) is 11.4 Å². The molecule has 114 valence electrons. The molecule has 2 rings (SSSR count). The van der Waals surface area contributed by atoms with Crippen molar-refractivity contribution in [3.8, 4) is 11.8 Å². The summed E-state index contributed by atoms with van der Waals surface area (Å²) in [6.07, 6.45) is 0. The molecule has 0 bridgehead atoms. The Kier molecular flexibility index (Phi) is 5.34. The Morgan fingerprint density at radius 3 is 2.05 bits per heavy atom. The molecule has 0 saturated heterocycles. The summed E-state index contributed by atoms with van der Waals surface area (Å²) in [6, 6.07) is 14.5. The van der Waals surface area contributed by atoms with Gasteiger partial charge in [-0.1, -0.05) is 47.2 Å². The van der Waals surface area contributed by atoms with E-state index in [1.165, 1.54) is 5.56 Å². The highest BCUT2D eigenvalue weighted by Gasteiger charge is 2.11. The molecule has 4 nitrogen and oxygen atoms in total. The lowest BCUT2D eigenvalue weighted by Gasteiger charge is -2.06. The zero-order chi connectivity index (χ0) is 16.0. The second kappa shape index (κ2) is 7.23. The first-order valence-corrected chi connectivity index (χ1v) is 8.32. The van der Waals surface area contributed by atoms with Crippen molar-refractivity contribution in [2.24, 2.45) is 0 Å². The second-order valence-electron chi connectivity index (χ2n) is 4.94. The summed E-state index contributed by atoms with van der Waals surface area (Å²) < 4.78 is 24.0. The number of aryl methyl sites for hydroxylation is 2. The van der Waals surface area contributed by atoms with Gasteiger partial charge in [-0.2, -0.15) is 0 Å². The molecule has 2 N–H and O–H groups in total. The zero-order valence-electron chi connectivity index (χ0n) is 12.6. The zero-order valence-corrected chi connectivity index (χ0v) is 13.4. The van der Waals surface area contributed by atoms with Crippen LogP contribution in [-0.4, -0.2) is 15.0 Å². The molecule has 0 amide bonds. The lowest BCUT2D eigenvalue weighted by atomic mass is 10.2. The highest BCUT2D eigenvalue weighted by Crippen LogP contribution is 2.08. The van der Waals surface area contributed by atoms with E-state index in [9.17, 15) is 8.42 Å². The van der Waals surface area contributed by atoms with E-state index in [0.717, 1.165) is 11.1 Å². The van der Waals surface area contributed by atoms with Gasteiger partial charge in [0.2, 0.25) is 0 Å². The second-order valence-corrected chi connectivity index (χ2v) is 6.62. The maximum Gasteiger partial charge on any atom is 0.253 e. The molecule has 0 heterocycles. The monoisotopic (exact) mass is 314 g/mol. The van der Waals surface area contributed by atoms with Crippen LogP contribution in [0.15, 0.2) is 53.4 Å². The molecule has 5 heteroatoms. The molecule has 0 saturated carbocycles. The van der Waals surface area contributed by atoms with Gasteiger partial charge in [0.15, 0.2) is 0 Å². The Morgan fingerprint density at radius 1 is 0.909 bits per heavy atom. The first-order chi connectivity index (χ1) is 10.5. The maximum absolute atomic E-state index is 12.0. The number of hydrogen-bond acceptors (Lipinski definition) is 3.